The summed E-state index contributed by atoms with van der Waals surface area (Å²) in [6, 6.07) is 9.05. The fraction of sp³-hybridized carbons (Fsp3) is 0.278. The van der Waals surface area contributed by atoms with Gasteiger partial charge in [-0.3, -0.25) is 9.59 Å². The van der Waals surface area contributed by atoms with Crippen LogP contribution in [0.25, 0.3) is 0 Å². The number of benzene rings is 1. The molecule has 0 saturated heterocycles. The Balaban J connectivity index is 2.31. The molecular weight excluding hydrogens is 306 g/mol. The van der Waals surface area contributed by atoms with Crippen molar-refractivity contribution in [3.63, 3.8) is 0 Å². The van der Waals surface area contributed by atoms with Gasteiger partial charge < -0.3 is 14.6 Å². The lowest BCUT2D eigenvalue weighted by Gasteiger charge is -2.14. The van der Waals surface area contributed by atoms with Crippen molar-refractivity contribution in [3.8, 4) is 11.8 Å². The molecule has 24 heavy (non-hydrogen) atoms. The van der Waals surface area contributed by atoms with E-state index in [1.165, 1.54) is 11.7 Å². The van der Waals surface area contributed by atoms with Gasteiger partial charge in [0.1, 0.15) is 23.9 Å². The summed E-state index contributed by atoms with van der Waals surface area (Å²) in [6.45, 7) is 5.17. The summed E-state index contributed by atoms with van der Waals surface area (Å²) in [4.78, 5) is 24.7. The van der Waals surface area contributed by atoms with E-state index in [1.807, 2.05) is 19.1 Å². The van der Waals surface area contributed by atoms with Crippen molar-refractivity contribution >= 4 is 11.6 Å². The molecule has 6 heteroatoms. The molecule has 0 saturated carbocycles. The van der Waals surface area contributed by atoms with Crippen molar-refractivity contribution in [2.24, 2.45) is 0 Å². The smallest absolute Gasteiger partial charge is 0.269 e. The minimum Gasteiger partial charge on any atom is -0.495 e. The number of aryl methyl sites for hydroxylation is 3. The number of rotatable bonds is 4. The average molecular weight is 325 g/mol. The van der Waals surface area contributed by atoms with Crippen molar-refractivity contribution < 1.29 is 9.53 Å². The van der Waals surface area contributed by atoms with E-state index in [0.29, 0.717) is 22.7 Å². The highest BCUT2D eigenvalue weighted by atomic mass is 16.5. The molecule has 1 N–H and O–H groups in total. The number of nitrogens with one attached hydrogen (secondary N) is 1. The Labute approximate surface area is 140 Å². The van der Waals surface area contributed by atoms with Crippen LogP contribution in [0.1, 0.15) is 22.4 Å². The van der Waals surface area contributed by atoms with E-state index in [0.717, 1.165) is 5.56 Å². The molecule has 1 aromatic carbocycles. The van der Waals surface area contributed by atoms with Gasteiger partial charge in [0.2, 0.25) is 5.91 Å². The lowest BCUT2D eigenvalue weighted by Crippen LogP contribution is -2.31. The molecule has 1 amide bonds. The molecule has 0 radical (unpaired) electrons. The van der Waals surface area contributed by atoms with Crippen LogP contribution in [-0.4, -0.2) is 17.6 Å². The predicted octanol–water partition coefficient (Wildman–Crippen LogP) is 2.29. The molecule has 2 aromatic rings. The lowest BCUT2D eigenvalue weighted by molar-refractivity contribution is -0.116. The maximum Gasteiger partial charge on any atom is 0.269 e. The second kappa shape index (κ2) is 7.01. The maximum absolute atomic E-state index is 12.3. The first-order valence-electron chi connectivity index (χ1n) is 7.43. The molecule has 0 fully saturated rings. The molecule has 0 atom stereocenters. The number of anilines is 1. The molecule has 0 bridgehead atoms. The van der Waals surface area contributed by atoms with Crippen molar-refractivity contribution in [3.05, 3.63) is 57.0 Å². The number of hydrogen-bond donors (Lipinski definition) is 1. The molecule has 1 heterocycles. The van der Waals surface area contributed by atoms with Crippen LogP contribution in [0.2, 0.25) is 0 Å². The summed E-state index contributed by atoms with van der Waals surface area (Å²) in [6.07, 6.45) is 0. The van der Waals surface area contributed by atoms with Gasteiger partial charge >= 0.3 is 0 Å². The molecule has 0 aliphatic carbocycles. The van der Waals surface area contributed by atoms with Crippen molar-refractivity contribution in [2.75, 3.05) is 12.4 Å². The van der Waals surface area contributed by atoms with Gasteiger partial charge in [0.15, 0.2) is 0 Å². The Bertz CT molecular complexity index is 892. The quantitative estimate of drug-likeness (QED) is 0.935. The predicted molar refractivity (Wildman–Crippen MR) is 91.3 cm³/mol. The van der Waals surface area contributed by atoms with E-state index < -0.39 is 5.56 Å². The van der Waals surface area contributed by atoms with E-state index in [4.69, 9.17) is 10.00 Å². The Hall–Kier alpha value is -3.07. The zero-order valence-electron chi connectivity index (χ0n) is 14.1. The van der Waals surface area contributed by atoms with Gasteiger partial charge in [0.25, 0.3) is 5.56 Å². The van der Waals surface area contributed by atoms with Crippen molar-refractivity contribution in [2.45, 2.75) is 27.3 Å². The fourth-order valence-corrected chi connectivity index (χ4v) is 2.51. The summed E-state index contributed by atoms with van der Waals surface area (Å²) in [7, 11) is 1.52. The number of nitriles is 1. The van der Waals surface area contributed by atoms with Crippen molar-refractivity contribution in [1.29, 1.82) is 5.26 Å². The molecule has 6 nitrogen and oxygen atoms in total. The highest BCUT2D eigenvalue weighted by molar-refractivity contribution is 5.92. The van der Waals surface area contributed by atoms with Gasteiger partial charge in [-0.1, -0.05) is 6.07 Å². The Morgan fingerprint density at radius 2 is 2.00 bits per heavy atom. The summed E-state index contributed by atoms with van der Waals surface area (Å²) >= 11 is 0. The van der Waals surface area contributed by atoms with Crippen molar-refractivity contribution in [1.82, 2.24) is 4.57 Å². The van der Waals surface area contributed by atoms with Gasteiger partial charge in [-0.2, -0.15) is 5.26 Å². The first kappa shape index (κ1) is 17.3. The van der Waals surface area contributed by atoms with E-state index in [1.54, 1.807) is 32.0 Å². The number of hydrogen-bond acceptors (Lipinski definition) is 4. The zero-order valence-corrected chi connectivity index (χ0v) is 14.1. The average Bonchev–Trinajstić information content (AvgIpc) is 2.52. The summed E-state index contributed by atoms with van der Waals surface area (Å²) in [5, 5.41) is 11.9. The number of amides is 1. The number of carbonyl (C=O) groups is 1. The van der Waals surface area contributed by atoms with Gasteiger partial charge in [0, 0.05) is 5.69 Å². The van der Waals surface area contributed by atoms with Crippen LogP contribution >= 0.6 is 0 Å². The first-order valence-corrected chi connectivity index (χ1v) is 7.43. The topological polar surface area (TPSA) is 84.1 Å². The van der Waals surface area contributed by atoms with Gasteiger partial charge in [-0.05, 0) is 50.1 Å². The second-order valence-electron chi connectivity index (χ2n) is 5.60. The van der Waals surface area contributed by atoms with Crippen LogP contribution in [0.5, 0.6) is 5.75 Å². The number of ether oxygens (including phenoxy) is 1. The van der Waals surface area contributed by atoms with Crippen LogP contribution in [0, 0.1) is 32.1 Å². The molecule has 124 valence electrons. The third kappa shape index (κ3) is 3.46. The minimum absolute atomic E-state index is 0.0570. The third-order valence-corrected chi connectivity index (χ3v) is 3.75. The highest BCUT2D eigenvalue weighted by Crippen LogP contribution is 2.25. The second-order valence-corrected chi connectivity index (χ2v) is 5.60. The summed E-state index contributed by atoms with van der Waals surface area (Å²) in [5.41, 5.74) is 2.35. The fourth-order valence-electron chi connectivity index (χ4n) is 2.51. The maximum atomic E-state index is 12.3. The molecule has 0 unspecified atom stereocenters. The number of carbonyl (C=O) groups excluding carboxylic acids is 1. The molecule has 1 aromatic heterocycles. The van der Waals surface area contributed by atoms with Crippen LogP contribution < -0.4 is 15.6 Å². The van der Waals surface area contributed by atoms with E-state index in [-0.39, 0.29) is 18.0 Å². The van der Waals surface area contributed by atoms with Crippen LogP contribution in [0.4, 0.5) is 5.69 Å². The SMILES string of the molecule is COc1ccc(C)cc1NC(=O)Cn1c(C)cc(C)c(C#N)c1=O. The molecule has 0 aliphatic rings. The monoisotopic (exact) mass is 325 g/mol. The highest BCUT2D eigenvalue weighted by Gasteiger charge is 2.14. The molecule has 0 aliphatic heterocycles. The summed E-state index contributed by atoms with van der Waals surface area (Å²) in [5.74, 6) is 0.177. The number of methoxy groups -OCH3 is 1. The van der Waals surface area contributed by atoms with E-state index in [9.17, 15) is 9.59 Å². The Kier molecular flexibility index (Phi) is 5.05. The Morgan fingerprint density at radius 1 is 1.29 bits per heavy atom. The van der Waals surface area contributed by atoms with E-state index in [2.05, 4.69) is 5.32 Å². The molecule has 2 rings (SSSR count). The van der Waals surface area contributed by atoms with Crippen LogP contribution in [0.3, 0.4) is 0 Å². The number of pyridine rings is 1. The largest absolute Gasteiger partial charge is 0.495 e. The first-order chi connectivity index (χ1) is 11.4. The van der Waals surface area contributed by atoms with Gasteiger partial charge in [0.05, 0.1) is 12.8 Å². The number of nitrogens with zero attached hydrogens (tertiary/aromatic N) is 2. The minimum atomic E-state index is -0.457. The van der Waals surface area contributed by atoms with E-state index >= 15 is 0 Å². The number of aromatic nitrogens is 1. The zero-order chi connectivity index (χ0) is 17.9. The lowest BCUT2D eigenvalue weighted by atomic mass is 10.1. The van der Waals surface area contributed by atoms with Crippen LogP contribution in [0.15, 0.2) is 29.1 Å². The standard InChI is InChI=1S/C18H19N3O3/c1-11-5-6-16(24-4)15(7-11)20-17(22)10-21-13(3)8-12(2)14(9-19)18(21)23/h5-8H,10H2,1-4H3,(H,20,22). The molecule has 0 spiro atoms. The third-order valence-electron chi connectivity index (χ3n) is 3.75. The summed E-state index contributed by atoms with van der Waals surface area (Å²) < 4.78 is 6.52. The Morgan fingerprint density at radius 3 is 2.62 bits per heavy atom. The van der Waals surface area contributed by atoms with Gasteiger partial charge in [-0.25, -0.2) is 0 Å². The van der Waals surface area contributed by atoms with Gasteiger partial charge in [-0.15, -0.1) is 0 Å². The molecular formula is C18H19N3O3. The normalized spacial score (nSPS) is 10.1. The van der Waals surface area contributed by atoms with Crippen LogP contribution in [-0.2, 0) is 11.3 Å².